The maximum Gasteiger partial charge on any atom is 0.647 e. The van der Waals surface area contributed by atoms with Gasteiger partial charge in [0.2, 0.25) is 0 Å². The third-order valence-corrected chi connectivity index (χ3v) is 8.57. The highest BCUT2D eigenvalue weighted by atomic mass is 31.2. The molecule has 0 fully saturated rings. The van der Waals surface area contributed by atoms with E-state index < -0.39 is 16.4 Å². The van der Waals surface area contributed by atoms with Crippen LogP contribution in [0.15, 0.2) is 170 Å². The van der Waals surface area contributed by atoms with Gasteiger partial charge in [0.05, 0.1) is 0 Å². The molecule has 0 saturated heterocycles. The van der Waals surface area contributed by atoms with Crippen molar-refractivity contribution in [1.82, 2.24) is 0 Å². The lowest BCUT2D eigenvalue weighted by atomic mass is 10.1. The minimum absolute atomic E-state index is 0.319. The summed E-state index contributed by atoms with van der Waals surface area (Å²) < 4.78 is 49.5. The Bertz CT molecular complexity index is 1740. The third kappa shape index (κ3) is 8.67. The lowest BCUT2D eigenvalue weighted by Crippen LogP contribution is -2.07. The number of phosphoric ester groups is 1. The molecule has 0 saturated carbocycles. The van der Waals surface area contributed by atoms with Gasteiger partial charge in [0, 0.05) is 0 Å². The first-order valence-corrected chi connectivity index (χ1v) is 16.6. The zero-order valence-corrected chi connectivity index (χ0v) is 25.7. The summed E-state index contributed by atoms with van der Waals surface area (Å²) in [6.07, 6.45) is 0. The van der Waals surface area contributed by atoms with Crippen LogP contribution in [0.5, 0.6) is 34.5 Å². The summed E-state index contributed by atoms with van der Waals surface area (Å²) in [4.78, 5) is 0. The van der Waals surface area contributed by atoms with Gasteiger partial charge in [-0.05, 0) is 83.9 Å². The van der Waals surface area contributed by atoms with E-state index in [1.165, 1.54) is 0 Å². The first-order chi connectivity index (χ1) is 22.1. The summed E-state index contributed by atoms with van der Waals surface area (Å²) in [6.45, 7) is 0. The minimum atomic E-state index is -4.12. The van der Waals surface area contributed by atoms with E-state index in [0.29, 0.717) is 34.5 Å². The maximum atomic E-state index is 13.9. The van der Waals surface area contributed by atoms with Gasteiger partial charge in [-0.15, -0.1) is 0 Å². The van der Waals surface area contributed by atoms with Gasteiger partial charge in [0.1, 0.15) is 34.5 Å². The van der Waals surface area contributed by atoms with Crippen LogP contribution >= 0.6 is 16.4 Å². The first-order valence-electron chi connectivity index (χ1n) is 14.0. The Morgan fingerprint density at radius 1 is 0.356 bits per heavy atom. The zero-order valence-electron chi connectivity index (χ0n) is 23.9. The highest BCUT2D eigenvalue weighted by Gasteiger charge is 2.33. The van der Waals surface area contributed by atoms with Crippen LogP contribution < -0.4 is 27.1 Å². The number of hydrogen-bond acceptors (Lipinski definition) is 7. The largest absolute Gasteiger partial charge is 0.647 e. The molecule has 0 aliphatic rings. The molecule has 6 rings (SSSR count). The van der Waals surface area contributed by atoms with Crippen molar-refractivity contribution in [3.8, 4) is 45.6 Å². The molecule has 9 heteroatoms. The van der Waals surface area contributed by atoms with E-state index in [0.717, 1.165) is 11.1 Å². The summed E-state index contributed by atoms with van der Waals surface area (Å²) in [5, 5.41) is 0. The summed E-state index contributed by atoms with van der Waals surface area (Å²) in [5.74, 6) is 2.88. The average Bonchev–Trinajstić information content (AvgIpc) is 3.07. The van der Waals surface area contributed by atoms with E-state index in [2.05, 4.69) is 0 Å². The molecule has 0 heterocycles. The molecule has 7 nitrogen and oxygen atoms in total. The van der Waals surface area contributed by atoms with Crippen molar-refractivity contribution in [1.29, 1.82) is 0 Å². The van der Waals surface area contributed by atoms with Gasteiger partial charge in [0.15, 0.2) is 0 Å². The number of benzene rings is 6. The van der Waals surface area contributed by atoms with Gasteiger partial charge in [-0.25, -0.2) is 0 Å². The number of para-hydroxylation sites is 4. The molecule has 45 heavy (non-hydrogen) atoms. The second-order valence-corrected chi connectivity index (χ2v) is 12.0. The molecule has 6 aromatic carbocycles. The van der Waals surface area contributed by atoms with Crippen molar-refractivity contribution in [3.05, 3.63) is 170 Å². The molecule has 0 unspecified atom stereocenters. The van der Waals surface area contributed by atoms with Gasteiger partial charge in [-0.2, -0.15) is 4.57 Å². The fourth-order valence-electron chi connectivity index (χ4n) is 4.12. The van der Waals surface area contributed by atoms with Crippen LogP contribution in [0, 0.1) is 0 Å². The molecule has 0 aliphatic heterocycles. The van der Waals surface area contributed by atoms with Crippen LogP contribution in [0.4, 0.5) is 0 Å². The summed E-state index contributed by atoms with van der Waals surface area (Å²) in [6, 6.07) is 51.0. The molecule has 0 aromatic heterocycles. The zero-order chi connectivity index (χ0) is 30.7. The van der Waals surface area contributed by atoms with Crippen LogP contribution in [0.25, 0.3) is 11.1 Å². The average molecular weight is 635 g/mol. The fourth-order valence-corrected chi connectivity index (χ4v) is 6.36. The molecule has 0 spiro atoms. The van der Waals surface area contributed by atoms with Crippen molar-refractivity contribution in [2.24, 2.45) is 0 Å². The predicted octanol–water partition coefficient (Wildman–Crippen LogP) is 10.8. The molecular formula is C36H28O7P2. The van der Waals surface area contributed by atoms with E-state index in [4.69, 9.17) is 27.1 Å². The quantitative estimate of drug-likeness (QED) is 0.117. The lowest BCUT2D eigenvalue weighted by molar-refractivity contribution is 0.298. The maximum absolute atomic E-state index is 13.9. The number of rotatable bonds is 13. The van der Waals surface area contributed by atoms with Gasteiger partial charge < -0.3 is 27.1 Å². The highest BCUT2D eigenvalue weighted by Crippen LogP contribution is 2.50. The SMILES string of the molecule is O=P(Oc1ccccc1)(Oc1ccccc1)Oc1cccc(-c2ccc(OP(Oc3ccccc3)Oc3ccccc3)cc2)c1. The number of hydrogen-bond donors (Lipinski definition) is 0. The highest BCUT2D eigenvalue weighted by molar-refractivity contribution is 7.49. The van der Waals surface area contributed by atoms with Crippen molar-refractivity contribution in [2.75, 3.05) is 0 Å². The molecule has 0 amide bonds. The smallest absolute Gasteiger partial charge is 0.409 e. The second kappa shape index (κ2) is 14.5. The van der Waals surface area contributed by atoms with E-state index in [1.54, 1.807) is 60.7 Å². The fraction of sp³-hybridized carbons (Fsp3) is 0. The summed E-state index contributed by atoms with van der Waals surface area (Å²) in [7, 11) is -5.92. The van der Waals surface area contributed by atoms with Crippen LogP contribution in [-0.2, 0) is 4.57 Å². The topological polar surface area (TPSA) is 72.5 Å². The molecule has 0 N–H and O–H groups in total. The van der Waals surface area contributed by atoms with Crippen LogP contribution in [0.1, 0.15) is 0 Å². The van der Waals surface area contributed by atoms with E-state index in [9.17, 15) is 4.57 Å². The lowest BCUT2D eigenvalue weighted by Gasteiger charge is -2.20. The predicted molar refractivity (Wildman–Crippen MR) is 176 cm³/mol. The molecular weight excluding hydrogens is 606 g/mol. The van der Waals surface area contributed by atoms with Crippen molar-refractivity contribution in [3.63, 3.8) is 0 Å². The van der Waals surface area contributed by atoms with Gasteiger partial charge >= 0.3 is 16.4 Å². The Balaban J connectivity index is 1.19. The van der Waals surface area contributed by atoms with E-state index in [1.807, 2.05) is 109 Å². The molecule has 0 atom stereocenters. The van der Waals surface area contributed by atoms with Crippen molar-refractivity contribution < 1.29 is 31.7 Å². The minimum Gasteiger partial charge on any atom is -0.409 e. The molecule has 6 aromatic rings. The molecule has 224 valence electrons. The Labute approximate surface area is 263 Å². The third-order valence-electron chi connectivity index (χ3n) is 6.19. The second-order valence-electron chi connectivity index (χ2n) is 9.52. The van der Waals surface area contributed by atoms with Crippen molar-refractivity contribution in [2.45, 2.75) is 0 Å². The van der Waals surface area contributed by atoms with Crippen LogP contribution in [-0.4, -0.2) is 0 Å². The Hall–Kier alpha value is -5.22. The van der Waals surface area contributed by atoms with Crippen molar-refractivity contribution >= 4 is 16.4 Å². The normalized spacial score (nSPS) is 11.0. The van der Waals surface area contributed by atoms with Gasteiger partial charge in [0.25, 0.3) is 0 Å². The number of phosphoric acid groups is 1. The van der Waals surface area contributed by atoms with Gasteiger partial charge in [-0.1, -0.05) is 97.1 Å². The summed E-state index contributed by atoms with van der Waals surface area (Å²) in [5.41, 5.74) is 1.71. The molecule has 0 aliphatic carbocycles. The standard InChI is InChI=1S/C36H28O7P2/c37-45(41-34-19-9-3-10-20-34,42-35-21-11-4-12-22-35)43-36-23-13-14-30(28-36)29-24-26-33(27-25-29)40-44(38-31-15-5-1-6-16-31)39-32-17-7-2-8-18-32/h1-28H. The van der Waals surface area contributed by atoms with E-state index in [-0.39, 0.29) is 0 Å². The first kappa shape index (κ1) is 29.8. The molecule has 0 bridgehead atoms. The van der Waals surface area contributed by atoms with E-state index >= 15 is 0 Å². The monoisotopic (exact) mass is 634 g/mol. The Morgan fingerprint density at radius 3 is 1.20 bits per heavy atom. The van der Waals surface area contributed by atoms with Crippen LogP contribution in [0.3, 0.4) is 0 Å². The summed E-state index contributed by atoms with van der Waals surface area (Å²) >= 11 is 0. The van der Waals surface area contributed by atoms with Crippen LogP contribution in [0.2, 0.25) is 0 Å². The molecule has 0 radical (unpaired) electrons. The Morgan fingerprint density at radius 2 is 0.733 bits per heavy atom. The Kier molecular flexibility index (Phi) is 9.61. The van der Waals surface area contributed by atoms with Gasteiger partial charge in [-0.3, -0.25) is 0 Å².